The number of aliphatic imine (C=N–C) groups is 1. The summed E-state index contributed by atoms with van der Waals surface area (Å²) in [6.07, 6.45) is 7.61. The van der Waals surface area contributed by atoms with E-state index in [0.717, 1.165) is 12.5 Å². The second-order valence-electron chi connectivity index (χ2n) is 3.82. The number of aromatic nitrogens is 1. The minimum Gasteiger partial charge on any atom is -0.289 e. The number of rotatable bonds is 0. The molecule has 0 saturated heterocycles. The molecule has 0 N–H and O–H groups in total. The quantitative estimate of drug-likeness (QED) is 0.586. The zero-order valence-electron chi connectivity index (χ0n) is 7.53. The SMILES string of the molecule is c1cc2c(cn1)C1=NCCC1CC2. The lowest BCUT2D eigenvalue weighted by molar-refractivity contribution is 0.605. The Kier molecular flexibility index (Phi) is 1.48. The first-order valence-electron chi connectivity index (χ1n) is 4.93. The molecule has 1 aliphatic heterocycles. The Morgan fingerprint density at radius 2 is 2.31 bits per heavy atom. The topological polar surface area (TPSA) is 25.2 Å². The molecule has 3 rings (SSSR count). The molecule has 1 atom stereocenters. The van der Waals surface area contributed by atoms with E-state index in [1.165, 1.54) is 36.1 Å². The molecule has 2 nitrogen and oxygen atoms in total. The van der Waals surface area contributed by atoms with Gasteiger partial charge in [-0.2, -0.15) is 0 Å². The first-order chi connectivity index (χ1) is 6.45. The molecule has 0 radical (unpaired) electrons. The summed E-state index contributed by atoms with van der Waals surface area (Å²) in [4.78, 5) is 8.75. The number of nitrogens with zero attached hydrogens (tertiary/aromatic N) is 2. The molecule has 1 aromatic heterocycles. The van der Waals surface area contributed by atoms with Gasteiger partial charge in [0.05, 0.1) is 0 Å². The Morgan fingerprint density at radius 3 is 3.31 bits per heavy atom. The fraction of sp³-hybridized carbons (Fsp3) is 0.455. The number of fused-ring (bicyclic) bond motifs is 3. The molecule has 13 heavy (non-hydrogen) atoms. The molecular weight excluding hydrogens is 160 g/mol. The van der Waals surface area contributed by atoms with Crippen molar-refractivity contribution >= 4 is 5.71 Å². The van der Waals surface area contributed by atoms with Gasteiger partial charge in [-0.05, 0) is 30.9 Å². The molecule has 0 amide bonds. The van der Waals surface area contributed by atoms with Crippen molar-refractivity contribution in [2.45, 2.75) is 19.3 Å². The Hall–Kier alpha value is -1.18. The van der Waals surface area contributed by atoms with Gasteiger partial charge in [0.15, 0.2) is 0 Å². The van der Waals surface area contributed by atoms with Crippen LogP contribution in [0.1, 0.15) is 24.0 Å². The van der Waals surface area contributed by atoms with Gasteiger partial charge in [-0.3, -0.25) is 9.98 Å². The van der Waals surface area contributed by atoms with Gasteiger partial charge in [-0.1, -0.05) is 0 Å². The Labute approximate surface area is 77.7 Å². The van der Waals surface area contributed by atoms with Crippen molar-refractivity contribution in [3.63, 3.8) is 0 Å². The summed E-state index contributed by atoms with van der Waals surface area (Å²) in [6.45, 7) is 1.02. The molecule has 1 unspecified atom stereocenters. The molecule has 0 spiro atoms. The molecular formula is C11H12N2. The van der Waals surface area contributed by atoms with E-state index in [9.17, 15) is 0 Å². The van der Waals surface area contributed by atoms with Crippen molar-refractivity contribution in [2.24, 2.45) is 10.9 Å². The van der Waals surface area contributed by atoms with Gasteiger partial charge in [-0.25, -0.2) is 0 Å². The van der Waals surface area contributed by atoms with Gasteiger partial charge in [0.2, 0.25) is 0 Å². The summed E-state index contributed by atoms with van der Waals surface area (Å²) in [5, 5.41) is 0. The highest BCUT2D eigenvalue weighted by Gasteiger charge is 2.27. The highest BCUT2D eigenvalue weighted by molar-refractivity contribution is 6.05. The predicted octanol–water partition coefficient (Wildman–Crippen LogP) is 1.84. The van der Waals surface area contributed by atoms with Crippen LogP contribution in [0.3, 0.4) is 0 Å². The Bertz CT molecular complexity index is 368. The third-order valence-corrected chi connectivity index (χ3v) is 3.10. The maximum atomic E-state index is 4.58. The monoisotopic (exact) mass is 172 g/mol. The van der Waals surface area contributed by atoms with Crippen molar-refractivity contribution in [2.75, 3.05) is 6.54 Å². The molecule has 2 heteroatoms. The van der Waals surface area contributed by atoms with E-state index in [2.05, 4.69) is 16.0 Å². The Balaban J connectivity index is 2.15. The van der Waals surface area contributed by atoms with E-state index in [-0.39, 0.29) is 0 Å². The molecule has 0 aromatic carbocycles. The van der Waals surface area contributed by atoms with Crippen molar-refractivity contribution in [3.05, 3.63) is 29.6 Å². The molecule has 2 heterocycles. The van der Waals surface area contributed by atoms with Crippen LogP contribution in [-0.4, -0.2) is 17.2 Å². The second-order valence-corrected chi connectivity index (χ2v) is 3.82. The van der Waals surface area contributed by atoms with E-state index in [1.807, 2.05) is 12.4 Å². The van der Waals surface area contributed by atoms with E-state index in [4.69, 9.17) is 0 Å². The van der Waals surface area contributed by atoms with Gasteiger partial charge < -0.3 is 0 Å². The third-order valence-electron chi connectivity index (χ3n) is 3.10. The highest BCUT2D eigenvalue weighted by Crippen LogP contribution is 2.30. The summed E-state index contributed by atoms with van der Waals surface area (Å²) in [6, 6.07) is 2.13. The predicted molar refractivity (Wildman–Crippen MR) is 52.1 cm³/mol. The van der Waals surface area contributed by atoms with Crippen LogP contribution in [-0.2, 0) is 6.42 Å². The van der Waals surface area contributed by atoms with Crippen LogP contribution in [0, 0.1) is 5.92 Å². The van der Waals surface area contributed by atoms with E-state index >= 15 is 0 Å². The molecule has 1 aliphatic carbocycles. The standard InChI is InChI=1S/C11H12N2/c1-2-9-4-6-13-11(9)10-7-12-5-3-8(1)10/h3,5,7,9H,1-2,4,6H2. The van der Waals surface area contributed by atoms with Gasteiger partial charge in [0, 0.05) is 36.1 Å². The summed E-state index contributed by atoms with van der Waals surface area (Å²) >= 11 is 0. The Morgan fingerprint density at radius 1 is 1.31 bits per heavy atom. The van der Waals surface area contributed by atoms with Crippen LogP contribution in [0.15, 0.2) is 23.5 Å². The summed E-state index contributed by atoms with van der Waals surface area (Å²) < 4.78 is 0. The summed E-state index contributed by atoms with van der Waals surface area (Å²) in [7, 11) is 0. The lowest BCUT2D eigenvalue weighted by Gasteiger charge is -2.21. The van der Waals surface area contributed by atoms with E-state index < -0.39 is 0 Å². The largest absolute Gasteiger partial charge is 0.289 e. The van der Waals surface area contributed by atoms with Gasteiger partial charge in [0.25, 0.3) is 0 Å². The normalized spacial score (nSPS) is 24.9. The first-order valence-corrected chi connectivity index (χ1v) is 4.93. The highest BCUT2D eigenvalue weighted by atomic mass is 14.8. The smallest absolute Gasteiger partial charge is 0.0470 e. The molecule has 1 aromatic rings. The zero-order valence-corrected chi connectivity index (χ0v) is 7.53. The van der Waals surface area contributed by atoms with Crippen LogP contribution in [0.4, 0.5) is 0 Å². The first kappa shape index (κ1) is 7.25. The van der Waals surface area contributed by atoms with Crippen LogP contribution in [0.2, 0.25) is 0 Å². The van der Waals surface area contributed by atoms with Crippen molar-refractivity contribution in [1.82, 2.24) is 4.98 Å². The molecule has 0 fully saturated rings. The molecule has 0 bridgehead atoms. The van der Waals surface area contributed by atoms with Crippen LogP contribution >= 0.6 is 0 Å². The van der Waals surface area contributed by atoms with Crippen molar-refractivity contribution in [1.29, 1.82) is 0 Å². The summed E-state index contributed by atoms with van der Waals surface area (Å²) in [5.74, 6) is 0.733. The van der Waals surface area contributed by atoms with Crippen LogP contribution < -0.4 is 0 Å². The van der Waals surface area contributed by atoms with Crippen molar-refractivity contribution in [3.8, 4) is 0 Å². The van der Waals surface area contributed by atoms with Gasteiger partial charge >= 0.3 is 0 Å². The lowest BCUT2D eigenvalue weighted by atomic mass is 9.83. The molecule has 66 valence electrons. The maximum Gasteiger partial charge on any atom is 0.0470 e. The molecule has 2 aliphatic rings. The average Bonchev–Trinajstić information content (AvgIpc) is 2.65. The van der Waals surface area contributed by atoms with E-state index in [1.54, 1.807) is 0 Å². The zero-order chi connectivity index (χ0) is 8.67. The number of aryl methyl sites for hydroxylation is 1. The second kappa shape index (κ2) is 2.66. The van der Waals surface area contributed by atoms with E-state index in [0.29, 0.717) is 0 Å². The number of hydrogen-bond acceptors (Lipinski definition) is 2. The van der Waals surface area contributed by atoms with Crippen molar-refractivity contribution < 1.29 is 0 Å². The number of hydrogen-bond donors (Lipinski definition) is 0. The fourth-order valence-corrected chi connectivity index (χ4v) is 2.39. The fourth-order valence-electron chi connectivity index (χ4n) is 2.39. The minimum atomic E-state index is 0.733. The van der Waals surface area contributed by atoms with Gasteiger partial charge in [0.1, 0.15) is 0 Å². The van der Waals surface area contributed by atoms with Crippen LogP contribution in [0.5, 0.6) is 0 Å². The number of pyridine rings is 1. The third kappa shape index (κ3) is 1.01. The average molecular weight is 172 g/mol. The lowest BCUT2D eigenvalue weighted by Crippen LogP contribution is -2.20. The minimum absolute atomic E-state index is 0.733. The maximum absolute atomic E-state index is 4.58. The summed E-state index contributed by atoms with van der Waals surface area (Å²) in [5.41, 5.74) is 4.08. The van der Waals surface area contributed by atoms with Gasteiger partial charge in [-0.15, -0.1) is 0 Å². The van der Waals surface area contributed by atoms with Crippen LogP contribution in [0.25, 0.3) is 0 Å². The molecule has 0 saturated carbocycles.